The van der Waals surface area contributed by atoms with Crippen molar-refractivity contribution in [3.05, 3.63) is 0 Å². The van der Waals surface area contributed by atoms with E-state index in [1.807, 2.05) is 7.05 Å². The van der Waals surface area contributed by atoms with Crippen LogP contribution in [-0.4, -0.2) is 13.6 Å². The van der Waals surface area contributed by atoms with Crippen LogP contribution in [0.4, 0.5) is 0 Å². The first kappa shape index (κ1) is 11.6. The molecule has 1 fully saturated rings. The molecule has 1 aliphatic rings. The van der Waals surface area contributed by atoms with E-state index in [9.17, 15) is 0 Å². The summed E-state index contributed by atoms with van der Waals surface area (Å²) >= 11 is 0. The summed E-state index contributed by atoms with van der Waals surface area (Å²) in [4.78, 5) is 0. The Labute approximate surface area is 88.7 Å². The molecule has 0 unspecified atom stereocenters. The van der Waals surface area contributed by atoms with Crippen LogP contribution in [0.3, 0.4) is 0 Å². The zero-order valence-corrected chi connectivity index (χ0v) is 9.82. The topological polar surface area (TPSA) is 12.0 Å². The summed E-state index contributed by atoms with van der Waals surface area (Å²) in [6.45, 7) is 5.81. The molecule has 1 N–H and O–H groups in total. The molecule has 80 valence electrons. The average Bonchev–Trinajstić information content (AvgIpc) is 2.12. The Morgan fingerprint density at radius 1 is 1.21 bits per heavy atom. The van der Waals surface area contributed by atoms with Crippen molar-refractivity contribution >= 4 is 0 Å². The largest absolute Gasteiger partial charge is 0.319 e. The summed E-state index contributed by atoms with van der Waals surface area (Å²) < 4.78 is 0. The number of hydrogen-bond acceptors (Lipinski definition) is 1. The summed E-state index contributed by atoms with van der Waals surface area (Å²) in [5.74, 6) is 2.85. The maximum atomic E-state index is 5.46. The molecule has 0 aromatic heterocycles. The van der Waals surface area contributed by atoms with E-state index in [0.29, 0.717) is 10.8 Å². The van der Waals surface area contributed by atoms with Crippen molar-refractivity contribution in [2.75, 3.05) is 13.6 Å². The van der Waals surface area contributed by atoms with Gasteiger partial charge in [-0.3, -0.25) is 0 Å². The predicted octanol–water partition coefficient (Wildman–Crippen LogP) is 2.82. The van der Waals surface area contributed by atoms with Gasteiger partial charge in [-0.05, 0) is 43.6 Å². The van der Waals surface area contributed by atoms with Crippen LogP contribution in [0.2, 0.25) is 0 Å². The minimum atomic E-state index is 0.388. The minimum Gasteiger partial charge on any atom is -0.319 e. The molecule has 1 heteroatoms. The third kappa shape index (κ3) is 2.75. The van der Waals surface area contributed by atoms with E-state index in [-0.39, 0.29) is 0 Å². The average molecular weight is 193 g/mol. The van der Waals surface area contributed by atoms with E-state index < -0.39 is 0 Å². The minimum absolute atomic E-state index is 0.388. The molecule has 1 rings (SSSR count). The molecular formula is C13H23N. The molecule has 14 heavy (non-hydrogen) atoms. The highest BCUT2D eigenvalue weighted by atomic mass is 14.8. The van der Waals surface area contributed by atoms with Gasteiger partial charge in [0.1, 0.15) is 0 Å². The first-order valence-corrected chi connectivity index (χ1v) is 5.62. The molecule has 0 aromatic rings. The lowest BCUT2D eigenvalue weighted by atomic mass is 9.64. The van der Waals surface area contributed by atoms with Gasteiger partial charge in [0.05, 0.1) is 0 Å². The molecule has 0 radical (unpaired) electrons. The normalized spacial score (nSPS) is 24.1. The molecular weight excluding hydrogens is 170 g/mol. The Kier molecular flexibility index (Phi) is 3.61. The van der Waals surface area contributed by atoms with E-state index in [4.69, 9.17) is 6.42 Å². The molecule has 0 atom stereocenters. The van der Waals surface area contributed by atoms with Crippen LogP contribution in [0.25, 0.3) is 0 Å². The first-order chi connectivity index (χ1) is 6.54. The van der Waals surface area contributed by atoms with Crippen LogP contribution in [0.5, 0.6) is 0 Å². The van der Waals surface area contributed by atoms with Crippen LogP contribution in [-0.2, 0) is 0 Å². The third-order valence-corrected chi connectivity index (χ3v) is 3.69. The Hall–Kier alpha value is -0.480. The quantitative estimate of drug-likeness (QED) is 0.680. The molecule has 0 aromatic carbocycles. The van der Waals surface area contributed by atoms with Crippen LogP contribution >= 0.6 is 0 Å². The van der Waals surface area contributed by atoms with E-state index in [0.717, 1.165) is 13.0 Å². The standard InChI is InChI=1S/C13H23N/c1-5-6-13(11-14-4)9-7-12(2,3)8-10-13/h1,14H,6-11H2,2-4H3. The molecule has 0 spiro atoms. The van der Waals surface area contributed by atoms with Crippen LogP contribution in [0.1, 0.15) is 46.0 Å². The summed E-state index contributed by atoms with van der Waals surface area (Å²) in [6, 6.07) is 0. The second-order valence-electron chi connectivity index (χ2n) is 5.58. The van der Waals surface area contributed by atoms with Crippen molar-refractivity contribution in [3.63, 3.8) is 0 Å². The van der Waals surface area contributed by atoms with Crippen molar-refractivity contribution in [2.24, 2.45) is 10.8 Å². The SMILES string of the molecule is C#CCC1(CNC)CCC(C)(C)CC1. The summed E-state index contributed by atoms with van der Waals surface area (Å²) in [5, 5.41) is 3.29. The van der Waals surface area contributed by atoms with Gasteiger partial charge in [-0.2, -0.15) is 0 Å². The number of rotatable bonds is 3. The summed E-state index contributed by atoms with van der Waals surface area (Å²) in [5.41, 5.74) is 0.921. The second-order valence-corrected chi connectivity index (χ2v) is 5.58. The van der Waals surface area contributed by atoms with E-state index >= 15 is 0 Å². The molecule has 0 aliphatic heterocycles. The van der Waals surface area contributed by atoms with Gasteiger partial charge in [0.15, 0.2) is 0 Å². The lowest BCUT2D eigenvalue weighted by Crippen LogP contribution is -2.38. The van der Waals surface area contributed by atoms with Gasteiger partial charge in [0.2, 0.25) is 0 Å². The van der Waals surface area contributed by atoms with E-state index in [2.05, 4.69) is 25.1 Å². The Morgan fingerprint density at radius 3 is 2.21 bits per heavy atom. The predicted molar refractivity (Wildman–Crippen MR) is 62.1 cm³/mol. The maximum Gasteiger partial charge on any atom is 0.0155 e. The summed E-state index contributed by atoms with van der Waals surface area (Å²) in [7, 11) is 2.03. The monoisotopic (exact) mass is 193 g/mol. The lowest BCUT2D eigenvalue weighted by Gasteiger charge is -2.42. The smallest absolute Gasteiger partial charge is 0.0155 e. The maximum absolute atomic E-state index is 5.46. The highest BCUT2D eigenvalue weighted by Crippen LogP contribution is 2.46. The fraction of sp³-hybridized carbons (Fsp3) is 0.846. The van der Waals surface area contributed by atoms with Gasteiger partial charge < -0.3 is 5.32 Å². The molecule has 1 nitrogen and oxygen atoms in total. The Bertz CT molecular complexity index is 212. The number of hydrogen-bond donors (Lipinski definition) is 1. The van der Waals surface area contributed by atoms with Crippen LogP contribution in [0, 0.1) is 23.2 Å². The highest BCUT2D eigenvalue weighted by Gasteiger charge is 2.37. The van der Waals surface area contributed by atoms with Crippen molar-refractivity contribution in [1.29, 1.82) is 0 Å². The fourth-order valence-electron chi connectivity index (χ4n) is 2.46. The fourth-order valence-corrected chi connectivity index (χ4v) is 2.46. The van der Waals surface area contributed by atoms with Crippen molar-refractivity contribution in [3.8, 4) is 12.3 Å². The number of terminal acetylenes is 1. The molecule has 0 heterocycles. The third-order valence-electron chi connectivity index (χ3n) is 3.69. The van der Waals surface area contributed by atoms with Crippen molar-refractivity contribution in [1.82, 2.24) is 5.32 Å². The zero-order valence-electron chi connectivity index (χ0n) is 9.82. The molecule has 0 amide bonds. The molecule has 1 saturated carbocycles. The van der Waals surface area contributed by atoms with Crippen molar-refractivity contribution in [2.45, 2.75) is 46.0 Å². The van der Waals surface area contributed by atoms with Gasteiger partial charge in [0, 0.05) is 13.0 Å². The van der Waals surface area contributed by atoms with E-state index in [1.165, 1.54) is 25.7 Å². The zero-order chi connectivity index (χ0) is 10.7. The molecule has 1 aliphatic carbocycles. The highest BCUT2D eigenvalue weighted by molar-refractivity contribution is 4.99. The summed E-state index contributed by atoms with van der Waals surface area (Å²) in [6.07, 6.45) is 11.6. The van der Waals surface area contributed by atoms with Gasteiger partial charge in [0.25, 0.3) is 0 Å². The Balaban J connectivity index is 2.60. The van der Waals surface area contributed by atoms with Gasteiger partial charge in [-0.25, -0.2) is 0 Å². The van der Waals surface area contributed by atoms with Crippen LogP contribution < -0.4 is 5.32 Å². The van der Waals surface area contributed by atoms with Gasteiger partial charge in [-0.15, -0.1) is 12.3 Å². The van der Waals surface area contributed by atoms with Gasteiger partial charge in [-0.1, -0.05) is 13.8 Å². The lowest BCUT2D eigenvalue weighted by molar-refractivity contribution is 0.105. The van der Waals surface area contributed by atoms with Crippen LogP contribution in [0.15, 0.2) is 0 Å². The van der Waals surface area contributed by atoms with Crippen molar-refractivity contribution < 1.29 is 0 Å². The number of nitrogens with one attached hydrogen (secondary N) is 1. The van der Waals surface area contributed by atoms with E-state index in [1.54, 1.807) is 0 Å². The Morgan fingerprint density at radius 2 is 1.79 bits per heavy atom. The molecule has 0 bridgehead atoms. The first-order valence-electron chi connectivity index (χ1n) is 5.62. The second kappa shape index (κ2) is 4.36. The van der Waals surface area contributed by atoms with Gasteiger partial charge >= 0.3 is 0 Å². The molecule has 0 saturated heterocycles.